The Balaban J connectivity index is 2.14. The molecule has 0 spiro atoms. The molecule has 0 radical (unpaired) electrons. The molecule has 1 fully saturated rings. The highest BCUT2D eigenvalue weighted by atomic mass is 16.5. The van der Waals surface area contributed by atoms with Crippen LogP contribution >= 0.6 is 0 Å². The van der Waals surface area contributed by atoms with Crippen molar-refractivity contribution in [2.75, 3.05) is 32.1 Å². The lowest BCUT2D eigenvalue weighted by molar-refractivity contribution is 0.206. The molecule has 2 rings (SSSR count). The molecule has 4 nitrogen and oxygen atoms in total. The third-order valence-corrected chi connectivity index (χ3v) is 3.85. The van der Waals surface area contributed by atoms with Crippen LogP contribution in [-0.4, -0.2) is 37.2 Å². The number of likely N-dealkylation sites (tertiary alicyclic amines) is 1. The van der Waals surface area contributed by atoms with Gasteiger partial charge in [0, 0.05) is 13.1 Å². The quantitative estimate of drug-likeness (QED) is 0.902. The van der Waals surface area contributed by atoms with Crippen molar-refractivity contribution in [3.05, 3.63) is 24.3 Å². The molecule has 1 aliphatic rings. The van der Waals surface area contributed by atoms with Crippen molar-refractivity contribution in [2.45, 2.75) is 25.3 Å². The lowest BCUT2D eigenvalue weighted by atomic mass is 9.88. The Labute approximate surface area is 115 Å². The van der Waals surface area contributed by atoms with E-state index in [1.165, 1.54) is 0 Å². The summed E-state index contributed by atoms with van der Waals surface area (Å²) in [6.07, 6.45) is 1.69. The van der Waals surface area contributed by atoms with E-state index in [4.69, 9.17) is 4.74 Å². The molecule has 102 valence electrons. The second kappa shape index (κ2) is 5.94. The van der Waals surface area contributed by atoms with Gasteiger partial charge in [-0.2, -0.15) is 5.26 Å². The number of hydrogen-bond donors (Lipinski definition) is 1. The summed E-state index contributed by atoms with van der Waals surface area (Å²) >= 11 is 0. The van der Waals surface area contributed by atoms with Crippen LogP contribution in [0.4, 0.5) is 5.69 Å². The molecule has 0 amide bonds. The van der Waals surface area contributed by atoms with E-state index in [1.54, 1.807) is 7.11 Å². The van der Waals surface area contributed by atoms with E-state index in [1.807, 2.05) is 24.3 Å². The topological polar surface area (TPSA) is 48.3 Å². The summed E-state index contributed by atoms with van der Waals surface area (Å²) < 4.78 is 5.34. The number of hydrogen-bond acceptors (Lipinski definition) is 4. The van der Waals surface area contributed by atoms with Crippen molar-refractivity contribution in [1.29, 1.82) is 5.26 Å². The van der Waals surface area contributed by atoms with Gasteiger partial charge in [0.25, 0.3) is 0 Å². The summed E-state index contributed by atoms with van der Waals surface area (Å²) in [4.78, 5) is 2.37. The van der Waals surface area contributed by atoms with E-state index in [-0.39, 0.29) is 0 Å². The summed E-state index contributed by atoms with van der Waals surface area (Å²) in [5.74, 6) is 0.787. The van der Waals surface area contributed by atoms with E-state index in [9.17, 15) is 5.26 Å². The zero-order valence-electron chi connectivity index (χ0n) is 11.6. The number of benzene rings is 1. The second-order valence-electron chi connectivity index (χ2n) is 4.95. The second-order valence-corrected chi connectivity index (χ2v) is 4.95. The van der Waals surface area contributed by atoms with Crippen LogP contribution in [0.3, 0.4) is 0 Å². The Morgan fingerprint density at radius 1 is 1.37 bits per heavy atom. The van der Waals surface area contributed by atoms with Crippen LogP contribution in [-0.2, 0) is 0 Å². The molecule has 4 heteroatoms. The first-order valence-electron chi connectivity index (χ1n) is 6.78. The Hall–Kier alpha value is -1.73. The number of nitriles is 1. The monoisotopic (exact) mass is 259 g/mol. The zero-order chi connectivity index (χ0) is 13.7. The maximum atomic E-state index is 9.55. The minimum Gasteiger partial charge on any atom is -0.495 e. The van der Waals surface area contributed by atoms with Gasteiger partial charge in [0.05, 0.1) is 18.9 Å². The first kappa shape index (κ1) is 13.7. The molecule has 0 bridgehead atoms. The number of ether oxygens (including phenoxy) is 1. The predicted octanol–water partition coefficient (Wildman–Crippen LogP) is 2.49. The minimum absolute atomic E-state index is 0.472. The molecule has 1 saturated heterocycles. The molecule has 1 N–H and O–H groups in total. The summed E-state index contributed by atoms with van der Waals surface area (Å²) in [6.45, 7) is 5.14. The van der Waals surface area contributed by atoms with Gasteiger partial charge in [0.1, 0.15) is 11.3 Å². The normalized spacial score (nSPS) is 18.6. The van der Waals surface area contributed by atoms with Crippen LogP contribution in [0.15, 0.2) is 24.3 Å². The number of piperidine rings is 1. The average Bonchev–Trinajstić information content (AvgIpc) is 2.48. The number of para-hydroxylation sites is 2. The standard InChI is InChI=1S/C15H21N3O/c1-3-18-10-8-15(12-16,9-11-18)17-13-6-4-5-7-14(13)19-2/h4-7,17H,3,8-11H2,1-2H3. The van der Waals surface area contributed by atoms with Gasteiger partial charge in [-0.05, 0) is 31.5 Å². The lowest BCUT2D eigenvalue weighted by Crippen LogP contribution is -2.48. The highest BCUT2D eigenvalue weighted by Gasteiger charge is 2.34. The molecule has 0 atom stereocenters. The number of rotatable bonds is 4. The highest BCUT2D eigenvalue weighted by molar-refractivity contribution is 5.59. The van der Waals surface area contributed by atoms with Crippen molar-refractivity contribution in [3.8, 4) is 11.8 Å². The molecule has 0 aromatic heterocycles. The third kappa shape index (κ3) is 2.99. The predicted molar refractivity (Wildman–Crippen MR) is 76.3 cm³/mol. The highest BCUT2D eigenvalue weighted by Crippen LogP contribution is 2.31. The van der Waals surface area contributed by atoms with Crippen molar-refractivity contribution in [2.24, 2.45) is 0 Å². The molecule has 1 aromatic carbocycles. The molecular formula is C15H21N3O. The number of nitrogens with one attached hydrogen (secondary N) is 1. The SMILES string of the molecule is CCN1CCC(C#N)(Nc2ccccc2OC)CC1. The Morgan fingerprint density at radius 3 is 2.63 bits per heavy atom. The minimum atomic E-state index is -0.472. The van der Waals surface area contributed by atoms with Gasteiger partial charge >= 0.3 is 0 Å². The number of anilines is 1. The Morgan fingerprint density at radius 2 is 2.05 bits per heavy atom. The fourth-order valence-electron chi connectivity index (χ4n) is 2.52. The van der Waals surface area contributed by atoms with Crippen LogP contribution in [0, 0.1) is 11.3 Å². The van der Waals surface area contributed by atoms with Crippen molar-refractivity contribution in [3.63, 3.8) is 0 Å². The molecule has 0 unspecified atom stereocenters. The first-order chi connectivity index (χ1) is 9.23. The van der Waals surface area contributed by atoms with Gasteiger partial charge < -0.3 is 15.0 Å². The summed E-state index contributed by atoms with van der Waals surface area (Å²) in [5, 5.41) is 12.9. The van der Waals surface area contributed by atoms with Gasteiger partial charge in [-0.15, -0.1) is 0 Å². The van der Waals surface area contributed by atoms with Crippen LogP contribution in [0.1, 0.15) is 19.8 Å². The molecule has 1 heterocycles. The van der Waals surface area contributed by atoms with E-state index in [2.05, 4.69) is 23.2 Å². The summed E-state index contributed by atoms with van der Waals surface area (Å²) in [7, 11) is 1.65. The molecule has 19 heavy (non-hydrogen) atoms. The smallest absolute Gasteiger partial charge is 0.141 e. The number of nitrogens with zero attached hydrogens (tertiary/aromatic N) is 2. The van der Waals surface area contributed by atoms with Crippen LogP contribution in [0.2, 0.25) is 0 Å². The molecule has 1 aliphatic heterocycles. The van der Waals surface area contributed by atoms with Crippen LogP contribution in [0.25, 0.3) is 0 Å². The van der Waals surface area contributed by atoms with Crippen LogP contribution < -0.4 is 10.1 Å². The molecule has 0 saturated carbocycles. The van der Waals surface area contributed by atoms with Gasteiger partial charge in [0.15, 0.2) is 0 Å². The van der Waals surface area contributed by atoms with Gasteiger partial charge in [0.2, 0.25) is 0 Å². The maximum Gasteiger partial charge on any atom is 0.141 e. The summed E-state index contributed by atoms with van der Waals surface area (Å²) in [6, 6.07) is 10.2. The Bertz CT molecular complexity index is 459. The largest absolute Gasteiger partial charge is 0.495 e. The zero-order valence-corrected chi connectivity index (χ0v) is 11.6. The first-order valence-corrected chi connectivity index (χ1v) is 6.78. The van der Waals surface area contributed by atoms with Crippen molar-refractivity contribution < 1.29 is 4.74 Å². The van der Waals surface area contributed by atoms with Crippen molar-refractivity contribution >= 4 is 5.69 Å². The fraction of sp³-hybridized carbons (Fsp3) is 0.533. The van der Waals surface area contributed by atoms with Gasteiger partial charge in [-0.1, -0.05) is 19.1 Å². The van der Waals surface area contributed by atoms with Crippen molar-refractivity contribution in [1.82, 2.24) is 4.90 Å². The number of methoxy groups -OCH3 is 1. The molecule has 0 aliphatic carbocycles. The molecule has 1 aromatic rings. The van der Waals surface area contributed by atoms with Crippen LogP contribution in [0.5, 0.6) is 5.75 Å². The summed E-state index contributed by atoms with van der Waals surface area (Å²) in [5.41, 5.74) is 0.428. The lowest BCUT2D eigenvalue weighted by Gasteiger charge is -2.38. The third-order valence-electron chi connectivity index (χ3n) is 3.85. The Kier molecular flexibility index (Phi) is 4.28. The molecular weight excluding hydrogens is 238 g/mol. The average molecular weight is 259 g/mol. The van der Waals surface area contributed by atoms with E-state index in [0.29, 0.717) is 0 Å². The van der Waals surface area contributed by atoms with E-state index >= 15 is 0 Å². The van der Waals surface area contributed by atoms with Gasteiger partial charge in [-0.3, -0.25) is 0 Å². The fourth-order valence-corrected chi connectivity index (χ4v) is 2.52. The van der Waals surface area contributed by atoms with E-state index in [0.717, 1.165) is 43.9 Å². The van der Waals surface area contributed by atoms with Gasteiger partial charge in [-0.25, -0.2) is 0 Å². The van der Waals surface area contributed by atoms with E-state index < -0.39 is 5.54 Å². The maximum absolute atomic E-state index is 9.55.